The van der Waals surface area contributed by atoms with Crippen molar-refractivity contribution in [2.75, 3.05) is 11.9 Å². The molecule has 13 atom stereocenters. The standard InChI is InChI=1S/C51H47ClN4O23/c52-28-11-19-10-24(48(72)77-30(19)15-29(28)57)44(66)54-8-7-18-12-33(53)56(45(18)67)35(59)16-34(58)55-21-1-4-25-20(9-21)17-73-51(25)26-5-2-22(74-49-40(64)36(60)38(62)42(78-49)46(68)69)13-31(26)76-32-14-23(3-6-27(32)51)75-50-41(65)37(61)39(63)43(79-50)47(70)71/h1-6,9-11,13-15,18,33,36-43,49-50,57,60-65H,7-8,12,16-17,53H2,(H,54,66)(H,55,58)(H,68,69)(H,70,71)/t18-,33-,36-,37+,38-,39+,40+,41-,42-,43+,49+,50-,51?/m0/s1. The zero-order valence-electron chi connectivity index (χ0n) is 40.5. The topological polar surface area (TPSA) is 423 Å². The van der Waals surface area contributed by atoms with Crippen LogP contribution >= 0.6 is 11.6 Å². The van der Waals surface area contributed by atoms with Crippen LogP contribution in [-0.2, 0) is 50.4 Å². The molecule has 5 aliphatic heterocycles. The maximum absolute atomic E-state index is 13.5. The zero-order valence-corrected chi connectivity index (χ0v) is 41.3. The number of aliphatic hydroxyl groups excluding tert-OH is 6. The number of hydrogen-bond acceptors (Lipinski definition) is 22. The first-order valence-electron chi connectivity index (χ1n) is 24.1. The summed E-state index contributed by atoms with van der Waals surface area (Å²) < 4.78 is 40.3. The molecule has 10 rings (SSSR count). The maximum atomic E-state index is 13.5. The van der Waals surface area contributed by atoms with Gasteiger partial charge < -0.3 is 95.2 Å². The first kappa shape index (κ1) is 54.6. The second kappa shape index (κ2) is 21.1. The summed E-state index contributed by atoms with van der Waals surface area (Å²) in [7, 11) is 0. The number of carboxylic acids is 2. The number of likely N-dealkylation sites (tertiary alicyclic amines) is 1. The van der Waals surface area contributed by atoms with Gasteiger partial charge in [-0.25, -0.2) is 14.4 Å². The van der Waals surface area contributed by atoms with E-state index in [1.54, 1.807) is 12.1 Å². The molecule has 0 saturated carbocycles. The van der Waals surface area contributed by atoms with E-state index in [1.807, 2.05) is 0 Å². The number of carboxylic acid groups (broad SMARTS) is 2. The Balaban J connectivity index is 0.851. The summed E-state index contributed by atoms with van der Waals surface area (Å²) >= 11 is 5.96. The quantitative estimate of drug-likeness (QED) is 0.0519. The summed E-state index contributed by atoms with van der Waals surface area (Å²) in [5.74, 6) is -7.79. The van der Waals surface area contributed by atoms with E-state index >= 15 is 0 Å². The molecule has 13 N–H and O–H groups in total. The van der Waals surface area contributed by atoms with E-state index in [1.165, 1.54) is 54.6 Å². The van der Waals surface area contributed by atoms with Crippen LogP contribution in [-0.4, -0.2) is 161 Å². The fourth-order valence-corrected chi connectivity index (χ4v) is 10.3. The fourth-order valence-electron chi connectivity index (χ4n) is 10.2. The predicted molar refractivity (Wildman–Crippen MR) is 261 cm³/mol. The van der Waals surface area contributed by atoms with Crippen molar-refractivity contribution in [2.24, 2.45) is 11.7 Å². The number of fused-ring (bicyclic) bond motifs is 7. The van der Waals surface area contributed by atoms with Crippen LogP contribution in [0.1, 0.15) is 51.9 Å². The normalized spacial score (nSPS) is 28.8. The monoisotopic (exact) mass is 1120 g/mol. The minimum absolute atomic E-state index is 0.00154. The molecule has 0 radical (unpaired) electrons. The molecule has 0 aliphatic carbocycles. The van der Waals surface area contributed by atoms with Crippen LogP contribution in [0.3, 0.4) is 0 Å². The summed E-state index contributed by atoms with van der Waals surface area (Å²) in [4.78, 5) is 90.2. The van der Waals surface area contributed by atoms with Gasteiger partial charge in [-0.15, -0.1) is 0 Å². The second-order valence-electron chi connectivity index (χ2n) is 19.1. The van der Waals surface area contributed by atoms with Gasteiger partial charge in [-0.05, 0) is 72.5 Å². The lowest BCUT2D eigenvalue weighted by molar-refractivity contribution is -0.271. The van der Waals surface area contributed by atoms with Crippen molar-refractivity contribution in [1.29, 1.82) is 0 Å². The van der Waals surface area contributed by atoms with Gasteiger partial charge >= 0.3 is 17.6 Å². The Kier molecular flexibility index (Phi) is 14.6. The average molecular weight is 1120 g/mol. The molecule has 4 amide bonds. The molecular weight excluding hydrogens is 1070 g/mol. The maximum Gasteiger partial charge on any atom is 0.349 e. The first-order chi connectivity index (χ1) is 37.5. The molecule has 0 bridgehead atoms. The van der Waals surface area contributed by atoms with Crippen LogP contribution in [0.4, 0.5) is 5.69 Å². The molecule has 1 aromatic heterocycles. The molecule has 3 fully saturated rings. The number of carbonyl (C=O) groups excluding carboxylic acids is 4. The number of amides is 4. The molecule has 416 valence electrons. The number of anilines is 1. The second-order valence-corrected chi connectivity index (χ2v) is 19.5. The fraction of sp³-hybridized carbons (Fsp3) is 0.353. The lowest BCUT2D eigenvalue weighted by Crippen LogP contribution is -2.61. The lowest BCUT2D eigenvalue weighted by atomic mass is 9.77. The number of benzene rings is 4. The van der Waals surface area contributed by atoms with Crippen LogP contribution < -0.4 is 36.2 Å². The lowest BCUT2D eigenvalue weighted by Gasteiger charge is -2.40. The highest BCUT2D eigenvalue weighted by atomic mass is 35.5. The van der Waals surface area contributed by atoms with Crippen LogP contribution in [0, 0.1) is 5.92 Å². The number of aromatic hydroxyl groups is 1. The summed E-state index contributed by atoms with van der Waals surface area (Å²) in [6, 6.07) is 16.9. The van der Waals surface area contributed by atoms with E-state index in [0.29, 0.717) is 22.3 Å². The minimum Gasteiger partial charge on any atom is -0.506 e. The minimum atomic E-state index is -2.00. The van der Waals surface area contributed by atoms with Crippen molar-refractivity contribution in [2.45, 2.75) is 99.0 Å². The number of ether oxygens (including phenoxy) is 6. The van der Waals surface area contributed by atoms with Gasteiger partial charge in [0.2, 0.25) is 30.3 Å². The number of rotatable bonds is 13. The Morgan fingerprint density at radius 1 is 0.747 bits per heavy atom. The molecule has 1 spiro atoms. The van der Waals surface area contributed by atoms with Crippen LogP contribution in [0.5, 0.6) is 28.7 Å². The zero-order chi connectivity index (χ0) is 56.5. The van der Waals surface area contributed by atoms with E-state index in [4.69, 9.17) is 50.2 Å². The molecule has 79 heavy (non-hydrogen) atoms. The Bertz CT molecular complexity index is 3300. The highest BCUT2D eigenvalue weighted by Gasteiger charge is 2.52. The Morgan fingerprint density at radius 2 is 1.33 bits per heavy atom. The number of aliphatic hydroxyl groups is 6. The SMILES string of the molecule is N[C@@H]1C[C@H](CCNC(=O)c2cc3cc(Cl)c(O)cc3oc2=O)C(=O)N1C(=O)CC(=O)Nc1ccc2c(c1)COC21c2ccc(O[C@H]3O[C@@H](C(=O)O)[C@H](O)[C@@H](O)[C@@H]3O)cc2Oc2cc(O[C@@H]3O[C@H](C(=O)O)[C@@H](O)[C@H](O)[C@H]3O)ccc21. The van der Waals surface area contributed by atoms with Gasteiger partial charge in [0.05, 0.1) is 17.8 Å². The number of carbonyl (C=O) groups is 6. The van der Waals surface area contributed by atoms with Crippen molar-refractivity contribution < 1.29 is 108 Å². The summed E-state index contributed by atoms with van der Waals surface area (Å²) in [6.45, 7) is -0.220. The first-order valence-corrected chi connectivity index (χ1v) is 24.5. The van der Waals surface area contributed by atoms with Gasteiger partial charge in [0.1, 0.15) is 82.9 Å². The van der Waals surface area contributed by atoms with E-state index in [2.05, 4.69) is 10.6 Å². The molecular formula is C51H47ClN4O23. The van der Waals surface area contributed by atoms with E-state index in [0.717, 1.165) is 11.0 Å². The van der Waals surface area contributed by atoms with Crippen molar-refractivity contribution >= 4 is 63.8 Å². The largest absolute Gasteiger partial charge is 0.506 e. The molecule has 5 aromatic rings. The predicted octanol–water partition coefficient (Wildman–Crippen LogP) is -0.570. The van der Waals surface area contributed by atoms with Crippen molar-refractivity contribution in [1.82, 2.24) is 10.2 Å². The molecule has 3 saturated heterocycles. The number of halogens is 1. The van der Waals surface area contributed by atoms with Crippen molar-refractivity contribution in [3.8, 4) is 28.7 Å². The van der Waals surface area contributed by atoms with Gasteiger partial charge in [-0.1, -0.05) is 17.7 Å². The highest BCUT2D eigenvalue weighted by molar-refractivity contribution is 6.32. The molecule has 1 unspecified atom stereocenters. The van der Waals surface area contributed by atoms with E-state index in [9.17, 15) is 79.5 Å². The van der Waals surface area contributed by atoms with Crippen LogP contribution in [0.15, 0.2) is 82.0 Å². The summed E-state index contributed by atoms with van der Waals surface area (Å²) in [5, 5.41) is 97.0. The molecule has 4 aromatic carbocycles. The average Bonchev–Trinajstić information content (AvgIpc) is 4.05. The van der Waals surface area contributed by atoms with Gasteiger partial charge in [-0.2, -0.15) is 0 Å². The van der Waals surface area contributed by atoms with E-state index < -0.39 is 127 Å². The summed E-state index contributed by atoms with van der Waals surface area (Å²) in [6.07, 6.45) is -21.3. The van der Waals surface area contributed by atoms with Gasteiger partial charge in [0, 0.05) is 52.9 Å². The molecule has 5 aliphatic rings. The van der Waals surface area contributed by atoms with Gasteiger partial charge in [0.25, 0.3) is 5.91 Å². The van der Waals surface area contributed by atoms with E-state index in [-0.39, 0.29) is 82.0 Å². The molecule has 27 nitrogen and oxygen atoms in total. The molecule has 6 heterocycles. The number of aliphatic carboxylic acids is 2. The summed E-state index contributed by atoms with van der Waals surface area (Å²) in [5.41, 5.74) is 5.22. The number of nitrogens with one attached hydrogen (secondary N) is 2. The van der Waals surface area contributed by atoms with Gasteiger partial charge in [-0.3, -0.25) is 24.1 Å². The van der Waals surface area contributed by atoms with Crippen molar-refractivity contribution in [3.63, 3.8) is 0 Å². The number of nitrogens with two attached hydrogens (primary N) is 1. The smallest absolute Gasteiger partial charge is 0.349 e. The highest BCUT2D eigenvalue weighted by Crippen LogP contribution is 2.57. The number of nitrogens with zero attached hydrogens (tertiary/aromatic N) is 1. The number of hydrogen-bond donors (Lipinski definition) is 12. The third-order valence-corrected chi connectivity index (χ3v) is 14.4. The Labute approximate surface area is 447 Å². The third-order valence-electron chi connectivity index (χ3n) is 14.1. The van der Waals surface area contributed by atoms with Gasteiger partial charge in [0.15, 0.2) is 17.8 Å². The number of imide groups is 1. The number of phenols is 1. The molecule has 28 heteroatoms. The van der Waals surface area contributed by atoms with Crippen LogP contribution in [0.2, 0.25) is 5.02 Å². The Hall–Kier alpha value is -7.80. The Morgan fingerprint density at radius 3 is 1.91 bits per heavy atom. The third kappa shape index (κ3) is 9.94. The van der Waals surface area contributed by atoms with Crippen molar-refractivity contribution in [3.05, 3.63) is 116 Å². The number of phenolic OH excluding ortho intramolecular Hbond substituents is 1. The van der Waals surface area contributed by atoms with Crippen LogP contribution in [0.25, 0.3) is 11.0 Å².